The van der Waals surface area contributed by atoms with E-state index in [4.69, 9.17) is 4.74 Å². The van der Waals surface area contributed by atoms with Crippen molar-refractivity contribution in [1.29, 1.82) is 0 Å². The second-order valence-corrected chi connectivity index (χ2v) is 5.82. The van der Waals surface area contributed by atoms with Crippen molar-refractivity contribution in [3.8, 4) is 0 Å². The van der Waals surface area contributed by atoms with Gasteiger partial charge >= 0.3 is 0 Å². The van der Waals surface area contributed by atoms with Crippen LogP contribution >= 0.6 is 11.8 Å². The molecule has 3 heteroatoms. The van der Waals surface area contributed by atoms with Gasteiger partial charge in [0.15, 0.2) is 0 Å². The zero-order chi connectivity index (χ0) is 12.6. The van der Waals surface area contributed by atoms with Crippen LogP contribution in [0.25, 0.3) is 0 Å². The summed E-state index contributed by atoms with van der Waals surface area (Å²) in [6, 6.07) is 8.87. The Morgan fingerprint density at radius 2 is 2.11 bits per heavy atom. The van der Waals surface area contributed by atoms with E-state index in [1.807, 2.05) is 11.8 Å². The smallest absolute Gasteiger partial charge is 0.0669 e. The van der Waals surface area contributed by atoms with Gasteiger partial charge in [-0.05, 0) is 43.5 Å². The highest BCUT2D eigenvalue weighted by atomic mass is 32.2. The molecule has 0 bridgehead atoms. The van der Waals surface area contributed by atoms with E-state index >= 15 is 0 Å². The first-order chi connectivity index (χ1) is 8.88. The normalized spacial score (nSPS) is 19.9. The van der Waals surface area contributed by atoms with Crippen molar-refractivity contribution in [2.45, 2.75) is 43.7 Å². The third-order valence-electron chi connectivity index (χ3n) is 3.21. The molecule has 1 atom stereocenters. The molecular weight excluding hydrogens is 242 g/mol. The van der Waals surface area contributed by atoms with Crippen LogP contribution in [0.4, 0.5) is 0 Å². The maximum Gasteiger partial charge on any atom is 0.0669 e. The zero-order valence-electron chi connectivity index (χ0n) is 11.2. The Kier molecular flexibility index (Phi) is 6.05. The average molecular weight is 265 g/mol. The van der Waals surface area contributed by atoms with Gasteiger partial charge in [-0.2, -0.15) is 0 Å². The number of benzene rings is 1. The summed E-state index contributed by atoms with van der Waals surface area (Å²) in [5.74, 6) is 1.09. The molecule has 18 heavy (non-hydrogen) atoms. The molecule has 0 spiro atoms. The summed E-state index contributed by atoms with van der Waals surface area (Å²) >= 11 is 1.91. The molecule has 1 N–H and O–H groups in total. The molecule has 1 aliphatic rings. The number of nitrogens with one attached hydrogen (secondary N) is 1. The predicted octanol–water partition coefficient (Wildman–Crippen LogP) is 3.46. The maximum atomic E-state index is 5.75. The summed E-state index contributed by atoms with van der Waals surface area (Å²) in [6.45, 7) is 5.07. The monoisotopic (exact) mass is 265 g/mol. The lowest BCUT2D eigenvalue weighted by molar-refractivity contribution is 0.0315. The van der Waals surface area contributed by atoms with E-state index in [1.54, 1.807) is 0 Å². The molecule has 2 nitrogen and oxygen atoms in total. The summed E-state index contributed by atoms with van der Waals surface area (Å²) in [5, 5.41) is 3.34. The van der Waals surface area contributed by atoms with Gasteiger partial charge in [-0.25, -0.2) is 0 Å². The lowest BCUT2D eigenvalue weighted by Crippen LogP contribution is -2.21. The Morgan fingerprint density at radius 3 is 2.78 bits per heavy atom. The second kappa shape index (κ2) is 7.82. The van der Waals surface area contributed by atoms with E-state index in [1.165, 1.54) is 29.7 Å². The van der Waals surface area contributed by atoms with Crippen LogP contribution in [0.2, 0.25) is 0 Å². The van der Waals surface area contributed by atoms with Crippen molar-refractivity contribution in [3.05, 3.63) is 29.8 Å². The molecule has 1 aromatic rings. The number of rotatable bonds is 6. The standard InChI is InChI=1S/C15H23NOS/c1-2-16-11-13-6-8-15(9-7-13)18-12-14-5-3-4-10-17-14/h6-9,14,16H,2-5,10-12H2,1H3. The van der Waals surface area contributed by atoms with Crippen molar-refractivity contribution < 1.29 is 4.74 Å². The minimum atomic E-state index is 0.463. The quantitative estimate of drug-likeness (QED) is 0.796. The molecule has 1 saturated heterocycles. The minimum Gasteiger partial charge on any atom is -0.377 e. The third kappa shape index (κ3) is 4.63. The van der Waals surface area contributed by atoms with Gasteiger partial charge in [0.05, 0.1) is 6.10 Å². The van der Waals surface area contributed by atoms with Gasteiger partial charge in [0.25, 0.3) is 0 Å². The zero-order valence-corrected chi connectivity index (χ0v) is 12.0. The average Bonchev–Trinajstić information content (AvgIpc) is 2.45. The first-order valence-electron chi connectivity index (χ1n) is 6.92. The summed E-state index contributed by atoms with van der Waals surface area (Å²) in [4.78, 5) is 1.35. The highest BCUT2D eigenvalue weighted by Gasteiger charge is 2.13. The Balaban J connectivity index is 1.75. The van der Waals surface area contributed by atoms with E-state index in [9.17, 15) is 0 Å². The molecule has 0 radical (unpaired) electrons. The molecule has 1 unspecified atom stereocenters. The molecule has 1 aliphatic heterocycles. The number of hydrogen-bond donors (Lipinski definition) is 1. The van der Waals surface area contributed by atoms with Gasteiger partial charge in [-0.1, -0.05) is 19.1 Å². The van der Waals surface area contributed by atoms with Crippen molar-refractivity contribution >= 4 is 11.8 Å². The van der Waals surface area contributed by atoms with Crippen LogP contribution in [0.15, 0.2) is 29.2 Å². The Morgan fingerprint density at radius 1 is 1.28 bits per heavy atom. The second-order valence-electron chi connectivity index (χ2n) is 4.72. The molecular formula is C15H23NOS. The van der Waals surface area contributed by atoms with E-state index < -0.39 is 0 Å². The van der Waals surface area contributed by atoms with E-state index in [0.29, 0.717) is 6.10 Å². The number of hydrogen-bond acceptors (Lipinski definition) is 3. The molecule has 1 fully saturated rings. The van der Waals surface area contributed by atoms with Gasteiger partial charge in [-0.3, -0.25) is 0 Å². The van der Waals surface area contributed by atoms with Crippen molar-refractivity contribution in [2.24, 2.45) is 0 Å². The van der Waals surface area contributed by atoms with Gasteiger partial charge < -0.3 is 10.1 Å². The van der Waals surface area contributed by atoms with E-state index in [-0.39, 0.29) is 0 Å². The van der Waals surface area contributed by atoms with Crippen LogP contribution in [0.3, 0.4) is 0 Å². The fourth-order valence-electron chi connectivity index (χ4n) is 2.10. The molecule has 0 aliphatic carbocycles. The minimum absolute atomic E-state index is 0.463. The SMILES string of the molecule is CCNCc1ccc(SCC2CCCCO2)cc1. The molecule has 0 saturated carbocycles. The fraction of sp³-hybridized carbons (Fsp3) is 0.600. The number of thioether (sulfide) groups is 1. The van der Waals surface area contributed by atoms with Gasteiger partial charge in [0.1, 0.15) is 0 Å². The van der Waals surface area contributed by atoms with E-state index in [0.717, 1.165) is 25.4 Å². The van der Waals surface area contributed by atoms with Crippen LogP contribution in [0.1, 0.15) is 31.7 Å². The van der Waals surface area contributed by atoms with Crippen LogP contribution in [-0.4, -0.2) is 25.0 Å². The molecule has 1 aromatic carbocycles. The first kappa shape index (κ1) is 13.9. The van der Waals surface area contributed by atoms with Gasteiger partial charge in [0, 0.05) is 23.8 Å². The molecule has 1 heterocycles. The lowest BCUT2D eigenvalue weighted by atomic mass is 10.1. The fourth-order valence-corrected chi connectivity index (χ4v) is 3.07. The Bertz CT molecular complexity index is 333. The van der Waals surface area contributed by atoms with Crippen LogP contribution in [-0.2, 0) is 11.3 Å². The molecule has 2 rings (SSSR count). The van der Waals surface area contributed by atoms with Gasteiger partial charge in [-0.15, -0.1) is 11.8 Å². The molecule has 0 aromatic heterocycles. The van der Waals surface area contributed by atoms with Crippen LogP contribution < -0.4 is 5.32 Å². The molecule has 0 amide bonds. The van der Waals surface area contributed by atoms with Crippen LogP contribution in [0, 0.1) is 0 Å². The summed E-state index contributed by atoms with van der Waals surface area (Å²) < 4.78 is 5.75. The molecule has 100 valence electrons. The van der Waals surface area contributed by atoms with Crippen LogP contribution in [0.5, 0.6) is 0 Å². The predicted molar refractivity (Wildman–Crippen MR) is 78.1 cm³/mol. The summed E-state index contributed by atoms with van der Waals surface area (Å²) in [7, 11) is 0. The largest absolute Gasteiger partial charge is 0.377 e. The number of ether oxygens (including phenoxy) is 1. The summed E-state index contributed by atoms with van der Waals surface area (Å²) in [6.07, 6.45) is 4.25. The van der Waals surface area contributed by atoms with E-state index in [2.05, 4.69) is 36.5 Å². The Labute approximate surface area is 114 Å². The topological polar surface area (TPSA) is 21.3 Å². The first-order valence-corrected chi connectivity index (χ1v) is 7.91. The third-order valence-corrected chi connectivity index (χ3v) is 4.36. The highest BCUT2D eigenvalue weighted by Crippen LogP contribution is 2.23. The maximum absolute atomic E-state index is 5.75. The van der Waals surface area contributed by atoms with Crippen molar-refractivity contribution in [3.63, 3.8) is 0 Å². The van der Waals surface area contributed by atoms with Crippen molar-refractivity contribution in [1.82, 2.24) is 5.32 Å². The lowest BCUT2D eigenvalue weighted by Gasteiger charge is -2.22. The van der Waals surface area contributed by atoms with Gasteiger partial charge in [0.2, 0.25) is 0 Å². The Hall–Kier alpha value is -0.510. The summed E-state index contributed by atoms with van der Waals surface area (Å²) in [5.41, 5.74) is 1.36. The highest BCUT2D eigenvalue weighted by molar-refractivity contribution is 7.99. The van der Waals surface area contributed by atoms with Crippen molar-refractivity contribution in [2.75, 3.05) is 18.9 Å².